The highest BCUT2D eigenvalue weighted by molar-refractivity contribution is 6.31. The number of nitrogens with zero attached hydrogens (tertiary/aromatic N) is 1. The molecule has 0 amide bonds. The third kappa shape index (κ3) is 7.22. The summed E-state index contributed by atoms with van der Waals surface area (Å²) in [7, 11) is 0. The molecule has 0 radical (unpaired) electrons. The van der Waals surface area contributed by atoms with Gasteiger partial charge in [-0.25, -0.2) is 0 Å². The minimum atomic E-state index is -0.426. The molecule has 7 heteroatoms. The summed E-state index contributed by atoms with van der Waals surface area (Å²) in [4.78, 5) is 14.5. The molecule has 4 atom stereocenters. The molecular formula is C29H38ClNO5. The fourth-order valence-electron chi connectivity index (χ4n) is 5.30. The minimum Gasteiger partial charge on any atom is -0.494 e. The molecular weight excluding hydrogens is 478 g/mol. The monoisotopic (exact) mass is 515 g/mol. The topological polar surface area (TPSA) is 68.2 Å². The maximum absolute atomic E-state index is 12.2. The molecule has 2 saturated heterocycles. The standard InChI is InChI=1S/C29H38ClNO5/c1-3-34-25-10-7-20(8-11-25)14-23-15-21(9-12-27(23)30)28-17-24(32)16-26(36-28)19-31-13-5-6-22(18-31)29(33)35-4-2/h7-12,15,22,24,26,28,32H,3-6,13-14,16-19H2,1-2H3. The van der Waals surface area contributed by atoms with Gasteiger partial charge in [0.2, 0.25) is 0 Å². The van der Waals surface area contributed by atoms with Crippen molar-refractivity contribution in [1.82, 2.24) is 4.90 Å². The van der Waals surface area contributed by atoms with Crippen molar-refractivity contribution in [3.05, 3.63) is 64.2 Å². The highest BCUT2D eigenvalue weighted by Crippen LogP contribution is 2.34. The molecule has 4 rings (SSSR count). The first kappa shape index (κ1) is 26.9. The Morgan fingerprint density at radius 3 is 2.69 bits per heavy atom. The molecule has 0 saturated carbocycles. The van der Waals surface area contributed by atoms with E-state index < -0.39 is 6.10 Å². The van der Waals surface area contributed by atoms with Crippen LogP contribution in [0.1, 0.15) is 62.3 Å². The molecule has 6 nitrogen and oxygen atoms in total. The van der Waals surface area contributed by atoms with E-state index in [1.165, 1.54) is 0 Å². The van der Waals surface area contributed by atoms with Crippen molar-refractivity contribution in [1.29, 1.82) is 0 Å². The number of hydrogen-bond donors (Lipinski definition) is 1. The molecule has 36 heavy (non-hydrogen) atoms. The lowest BCUT2D eigenvalue weighted by Crippen LogP contribution is -2.45. The molecule has 2 aliphatic heterocycles. The number of aliphatic hydroxyl groups is 1. The SMILES string of the molecule is CCOC(=O)C1CCCN(CC2CC(O)CC(c3ccc(Cl)c(Cc4ccc(OCC)cc4)c3)O2)C1. The number of hydrogen-bond acceptors (Lipinski definition) is 6. The quantitative estimate of drug-likeness (QED) is 0.464. The molecule has 2 fully saturated rings. The zero-order valence-electron chi connectivity index (χ0n) is 21.3. The van der Waals surface area contributed by atoms with Crippen LogP contribution in [0.15, 0.2) is 42.5 Å². The van der Waals surface area contributed by atoms with Crippen molar-refractivity contribution in [3.63, 3.8) is 0 Å². The Bertz CT molecular complexity index is 998. The number of halogens is 1. The van der Waals surface area contributed by atoms with Gasteiger partial charge in [-0.1, -0.05) is 35.9 Å². The van der Waals surface area contributed by atoms with E-state index in [0.717, 1.165) is 46.8 Å². The number of likely N-dealkylation sites (tertiary alicyclic amines) is 1. The zero-order chi connectivity index (χ0) is 25.5. The molecule has 1 N–H and O–H groups in total. The minimum absolute atomic E-state index is 0.0792. The number of esters is 1. The maximum atomic E-state index is 12.2. The van der Waals surface area contributed by atoms with E-state index in [9.17, 15) is 9.90 Å². The summed E-state index contributed by atoms with van der Waals surface area (Å²) in [6.45, 7) is 7.20. The van der Waals surface area contributed by atoms with Crippen LogP contribution in [0.2, 0.25) is 5.02 Å². The Balaban J connectivity index is 1.40. The number of aliphatic hydroxyl groups excluding tert-OH is 1. The second kappa shape index (κ2) is 12.9. The Morgan fingerprint density at radius 1 is 1.14 bits per heavy atom. The van der Waals surface area contributed by atoms with E-state index in [1.54, 1.807) is 0 Å². The van der Waals surface area contributed by atoms with E-state index in [4.69, 9.17) is 25.8 Å². The van der Waals surface area contributed by atoms with Crippen molar-refractivity contribution in [2.75, 3.05) is 32.8 Å². The molecule has 2 aromatic rings. The summed E-state index contributed by atoms with van der Waals surface area (Å²) >= 11 is 6.55. The predicted octanol–water partition coefficient (Wildman–Crippen LogP) is 5.19. The highest BCUT2D eigenvalue weighted by atomic mass is 35.5. The van der Waals surface area contributed by atoms with Gasteiger partial charge in [-0.2, -0.15) is 0 Å². The summed E-state index contributed by atoms with van der Waals surface area (Å²) in [5.74, 6) is 0.675. The molecule has 4 unspecified atom stereocenters. The summed E-state index contributed by atoms with van der Waals surface area (Å²) in [5, 5.41) is 11.4. The Hall–Kier alpha value is -2.12. The van der Waals surface area contributed by atoms with Gasteiger partial charge in [0.1, 0.15) is 5.75 Å². The maximum Gasteiger partial charge on any atom is 0.310 e. The Labute approximate surface area is 219 Å². The fourth-order valence-corrected chi connectivity index (χ4v) is 5.49. The van der Waals surface area contributed by atoms with Gasteiger partial charge in [0.25, 0.3) is 0 Å². The second-order valence-electron chi connectivity index (χ2n) is 9.83. The van der Waals surface area contributed by atoms with Crippen molar-refractivity contribution >= 4 is 17.6 Å². The number of rotatable bonds is 9. The first-order valence-electron chi connectivity index (χ1n) is 13.2. The highest BCUT2D eigenvalue weighted by Gasteiger charge is 2.33. The fraction of sp³-hybridized carbons (Fsp3) is 0.552. The number of ether oxygens (including phenoxy) is 3. The van der Waals surface area contributed by atoms with Crippen molar-refractivity contribution in [3.8, 4) is 5.75 Å². The molecule has 2 aromatic carbocycles. The van der Waals surface area contributed by atoms with Gasteiger partial charge in [0.05, 0.1) is 37.4 Å². The lowest BCUT2D eigenvalue weighted by Gasteiger charge is -2.38. The third-order valence-electron chi connectivity index (χ3n) is 7.04. The second-order valence-corrected chi connectivity index (χ2v) is 10.2. The molecule has 0 aromatic heterocycles. The van der Waals surface area contributed by atoms with Crippen LogP contribution in [0.4, 0.5) is 0 Å². The van der Waals surface area contributed by atoms with Gasteiger partial charge in [0, 0.05) is 31.0 Å². The largest absolute Gasteiger partial charge is 0.494 e. The van der Waals surface area contributed by atoms with E-state index in [1.807, 2.05) is 38.1 Å². The lowest BCUT2D eigenvalue weighted by molar-refractivity contribution is -0.151. The molecule has 196 valence electrons. The zero-order valence-corrected chi connectivity index (χ0v) is 22.1. The molecule has 2 aliphatic rings. The first-order valence-corrected chi connectivity index (χ1v) is 13.6. The van der Waals surface area contributed by atoms with Crippen LogP contribution in [0, 0.1) is 5.92 Å². The van der Waals surface area contributed by atoms with Gasteiger partial charge >= 0.3 is 5.97 Å². The normalized spacial score (nSPS) is 24.9. The van der Waals surface area contributed by atoms with Gasteiger partial charge in [-0.3, -0.25) is 9.69 Å². The van der Waals surface area contributed by atoms with E-state index in [-0.39, 0.29) is 24.1 Å². The van der Waals surface area contributed by atoms with Crippen molar-refractivity contribution < 1.29 is 24.1 Å². The van der Waals surface area contributed by atoms with E-state index in [0.29, 0.717) is 45.6 Å². The van der Waals surface area contributed by atoms with Crippen molar-refractivity contribution in [2.45, 2.75) is 64.3 Å². The average Bonchev–Trinajstić information content (AvgIpc) is 2.86. The van der Waals surface area contributed by atoms with Crippen LogP contribution in [-0.2, 0) is 20.7 Å². The smallest absolute Gasteiger partial charge is 0.310 e. The van der Waals surface area contributed by atoms with Crippen LogP contribution in [0.5, 0.6) is 5.75 Å². The van der Waals surface area contributed by atoms with Gasteiger partial charge < -0.3 is 19.3 Å². The van der Waals surface area contributed by atoms with Crippen LogP contribution < -0.4 is 4.74 Å². The van der Waals surface area contributed by atoms with Crippen LogP contribution in [0.25, 0.3) is 0 Å². The number of carbonyl (C=O) groups is 1. The Morgan fingerprint density at radius 2 is 1.94 bits per heavy atom. The summed E-state index contributed by atoms with van der Waals surface area (Å²) < 4.78 is 17.3. The van der Waals surface area contributed by atoms with Crippen molar-refractivity contribution in [2.24, 2.45) is 5.92 Å². The Kier molecular flexibility index (Phi) is 9.66. The average molecular weight is 516 g/mol. The summed E-state index contributed by atoms with van der Waals surface area (Å²) in [5.41, 5.74) is 3.22. The predicted molar refractivity (Wildman–Crippen MR) is 141 cm³/mol. The molecule has 0 bridgehead atoms. The lowest BCUT2D eigenvalue weighted by atomic mass is 9.93. The third-order valence-corrected chi connectivity index (χ3v) is 7.40. The van der Waals surface area contributed by atoms with E-state index in [2.05, 4.69) is 23.1 Å². The number of benzene rings is 2. The molecule has 0 aliphatic carbocycles. The van der Waals surface area contributed by atoms with Gasteiger partial charge in [-0.05, 0) is 74.5 Å². The number of carbonyl (C=O) groups excluding carboxylic acids is 1. The van der Waals surface area contributed by atoms with Crippen LogP contribution >= 0.6 is 11.6 Å². The first-order chi connectivity index (χ1) is 17.4. The van der Waals surface area contributed by atoms with Gasteiger partial charge in [-0.15, -0.1) is 0 Å². The molecule has 2 heterocycles. The van der Waals surface area contributed by atoms with Crippen LogP contribution in [0.3, 0.4) is 0 Å². The molecule has 0 spiro atoms. The van der Waals surface area contributed by atoms with Gasteiger partial charge in [0.15, 0.2) is 0 Å². The van der Waals surface area contributed by atoms with E-state index >= 15 is 0 Å². The summed E-state index contributed by atoms with van der Waals surface area (Å²) in [6.07, 6.45) is 2.99. The number of piperidine rings is 1. The summed E-state index contributed by atoms with van der Waals surface area (Å²) in [6, 6.07) is 14.1. The van der Waals surface area contributed by atoms with Crippen LogP contribution in [-0.4, -0.2) is 61.0 Å².